The Labute approximate surface area is 522 Å². The second-order valence-corrected chi connectivity index (χ2v) is 22.7. The van der Waals surface area contributed by atoms with Gasteiger partial charge in [-0.05, 0) is 172 Å². The third kappa shape index (κ3) is 20.6. The zero-order valence-corrected chi connectivity index (χ0v) is 52.2. The first kappa shape index (κ1) is 70.4. The second kappa shape index (κ2) is 36.1. The molecule has 4 aromatic rings. The number of rotatable bonds is 18. The van der Waals surface area contributed by atoms with E-state index in [0.29, 0.717) is 37.2 Å². The SMILES string of the molecule is C.C#Cc1ccc(CN2CCCOCC2)cc1.CNC(=O)C(C)(C(=O)COC1CCCCO1)N(C)C(=O)c1ccc(C#Cc2ccc(CN3CCCOCC3)cc2)cc1.CNC(=O)C(C)(C(=O)COC1CCCCO1)N(C)C(=O)c1ccc(I)cc1. The lowest BCUT2D eigenvalue weighted by Crippen LogP contribution is -2.62. The van der Waals surface area contributed by atoms with Crippen LogP contribution >= 0.6 is 22.6 Å². The largest absolute Gasteiger partial charge is 0.380 e. The molecule has 0 bridgehead atoms. The van der Waals surface area contributed by atoms with E-state index in [0.717, 1.165) is 124 Å². The van der Waals surface area contributed by atoms with Crippen LogP contribution in [0.5, 0.6) is 0 Å². The predicted molar refractivity (Wildman–Crippen MR) is 339 cm³/mol. The van der Waals surface area contributed by atoms with Crippen molar-refractivity contribution in [2.75, 3.05) is 107 Å². The van der Waals surface area contributed by atoms with E-state index in [2.05, 4.69) is 85.1 Å². The number of amides is 4. The fourth-order valence-electron chi connectivity index (χ4n) is 9.78. The maximum absolute atomic E-state index is 13.4. The number of likely N-dealkylation sites (N-methyl/N-ethyl adjacent to an activating group) is 4. The molecule has 8 rings (SSSR count). The summed E-state index contributed by atoms with van der Waals surface area (Å²) >= 11 is 2.14. The van der Waals surface area contributed by atoms with Gasteiger partial charge < -0.3 is 48.9 Å². The van der Waals surface area contributed by atoms with Crippen LogP contribution in [0.4, 0.5) is 0 Å². The van der Waals surface area contributed by atoms with Crippen molar-refractivity contribution in [2.45, 2.75) is 109 Å². The van der Waals surface area contributed by atoms with Crippen molar-refractivity contribution in [1.82, 2.24) is 30.2 Å². The maximum atomic E-state index is 13.4. The Morgan fingerprint density at radius 1 is 0.558 bits per heavy atom. The lowest BCUT2D eigenvalue weighted by Gasteiger charge is -2.36. The summed E-state index contributed by atoms with van der Waals surface area (Å²) in [6.07, 6.45) is 11.8. The van der Waals surface area contributed by atoms with E-state index in [-0.39, 0.29) is 20.6 Å². The number of hydrogen-bond donors (Lipinski definition) is 2. The summed E-state index contributed by atoms with van der Waals surface area (Å²) in [5.74, 6) is 5.88. The zero-order valence-electron chi connectivity index (χ0n) is 50.1. The topological polar surface area (TPSA) is 195 Å². The molecule has 4 aliphatic heterocycles. The number of halogens is 1. The molecule has 4 atom stereocenters. The molecule has 19 heteroatoms. The number of terminal acetylenes is 1. The molecular weight excluding hydrogens is 1210 g/mol. The van der Waals surface area contributed by atoms with Crippen molar-refractivity contribution in [3.63, 3.8) is 0 Å². The monoisotopic (exact) mass is 1290 g/mol. The Balaban J connectivity index is 0.000000261. The smallest absolute Gasteiger partial charge is 0.254 e. The van der Waals surface area contributed by atoms with Crippen molar-refractivity contribution in [1.29, 1.82) is 0 Å². The summed E-state index contributed by atoms with van der Waals surface area (Å²) < 4.78 is 34.1. The van der Waals surface area contributed by atoms with Crippen LogP contribution in [0.25, 0.3) is 0 Å². The van der Waals surface area contributed by atoms with Gasteiger partial charge in [0, 0.05) is 125 Å². The molecule has 4 aromatic carbocycles. The molecular formula is C67H87IN6O12. The van der Waals surface area contributed by atoms with Crippen LogP contribution in [0, 0.1) is 27.8 Å². The normalized spacial score (nSPS) is 18.5. The molecule has 0 aromatic heterocycles. The number of carbonyl (C=O) groups is 6. The first-order chi connectivity index (χ1) is 41.0. The minimum atomic E-state index is -1.76. The van der Waals surface area contributed by atoms with E-state index >= 15 is 0 Å². The van der Waals surface area contributed by atoms with E-state index in [9.17, 15) is 28.8 Å². The number of ether oxygens (including phenoxy) is 6. The van der Waals surface area contributed by atoms with Crippen LogP contribution in [0.15, 0.2) is 97.1 Å². The molecule has 4 aliphatic rings. The van der Waals surface area contributed by atoms with Gasteiger partial charge in [0.05, 0.1) is 13.2 Å². The van der Waals surface area contributed by atoms with Crippen molar-refractivity contribution in [3.8, 4) is 24.2 Å². The Hall–Kier alpha value is -6.37. The highest BCUT2D eigenvalue weighted by molar-refractivity contribution is 14.1. The fraction of sp³-hybridized carbons (Fsp3) is 0.493. The number of nitrogens with one attached hydrogen (secondary N) is 2. The van der Waals surface area contributed by atoms with Gasteiger partial charge in [-0.3, -0.25) is 38.6 Å². The second-order valence-electron chi connectivity index (χ2n) is 21.4. The number of hydrogen-bond acceptors (Lipinski definition) is 14. The molecule has 86 heavy (non-hydrogen) atoms. The number of benzene rings is 4. The van der Waals surface area contributed by atoms with Crippen LogP contribution < -0.4 is 10.6 Å². The van der Waals surface area contributed by atoms with Gasteiger partial charge >= 0.3 is 0 Å². The molecule has 0 aliphatic carbocycles. The van der Waals surface area contributed by atoms with Gasteiger partial charge in [0.1, 0.15) is 13.2 Å². The minimum absolute atomic E-state index is 0. The molecule has 464 valence electrons. The molecule has 4 amide bonds. The van der Waals surface area contributed by atoms with Crippen LogP contribution in [-0.4, -0.2) is 186 Å². The molecule has 0 spiro atoms. The van der Waals surface area contributed by atoms with Crippen LogP contribution in [0.1, 0.15) is 121 Å². The van der Waals surface area contributed by atoms with E-state index in [4.69, 9.17) is 34.8 Å². The van der Waals surface area contributed by atoms with Crippen molar-refractivity contribution >= 4 is 57.8 Å². The minimum Gasteiger partial charge on any atom is -0.380 e. The average molecular weight is 1300 g/mol. The number of carbonyl (C=O) groups excluding carboxylic acids is 6. The molecule has 0 radical (unpaired) electrons. The van der Waals surface area contributed by atoms with E-state index in [1.807, 2.05) is 24.3 Å². The summed E-state index contributed by atoms with van der Waals surface area (Å²) in [4.78, 5) is 85.0. The predicted octanol–water partition coefficient (Wildman–Crippen LogP) is 7.50. The van der Waals surface area contributed by atoms with Crippen LogP contribution in [0.3, 0.4) is 0 Å². The van der Waals surface area contributed by atoms with Gasteiger partial charge in [-0.1, -0.05) is 49.5 Å². The van der Waals surface area contributed by atoms with Gasteiger partial charge in [-0.2, -0.15) is 0 Å². The highest BCUT2D eigenvalue weighted by Gasteiger charge is 2.48. The highest BCUT2D eigenvalue weighted by Crippen LogP contribution is 2.24. The van der Waals surface area contributed by atoms with E-state index in [1.54, 1.807) is 48.5 Å². The van der Waals surface area contributed by atoms with E-state index < -0.39 is 58.9 Å². The molecule has 4 saturated heterocycles. The summed E-state index contributed by atoms with van der Waals surface area (Å²) in [5, 5.41) is 4.99. The summed E-state index contributed by atoms with van der Waals surface area (Å²) in [6, 6.07) is 30.2. The average Bonchev–Trinajstić information content (AvgIpc) is 3.18. The Bertz CT molecular complexity index is 2900. The molecule has 4 unspecified atom stereocenters. The standard InChI is InChI=1S/C33H41N3O6.C19H25IN2O5.C14H17NO.CH4/c1-33(32(39)34-2,29(37)24-42-30-7-4-5-21-41-30)35(3)31(38)28-16-14-26(15-17-28)9-8-25-10-12-27(13-11-25)23-36-18-6-20-40-22-19-36;1-19(18(25)21-2,15(23)12-27-16-6-4-5-11-26-16)22(3)17(24)13-7-9-14(20)10-8-13;1-2-13-4-6-14(7-5-13)12-15-8-3-10-16-11-9-15;/h10-17,30H,4-7,18-24H2,1-3H3,(H,34,39);7-10,16H,4-6,11-12H2,1-3H3,(H,21,25);1,4-7H,3,8-12H2;1H4. The number of ketones is 2. The van der Waals surface area contributed by atoms with E-state index in [1.165, 1.54) is 63.0 Å². The van der Waals surface area contributed by atoms with Crippen molar-refractivity contribution < 1.29 is 57.2 Å². The van der Waals surface area contributed by atoms with Gasteiger partial charge in [-0.25, -0.2) is 0 Å². The summed E-state index contributed by atoms with van der Waals surface area (Å²) in [7, 11) is 5.76. The highest BCUT2D eigenvalue weighted by atomic mass is 127. The third-order valence-electron chi connectivity index (χ3n) is 15.5. The summed E-state index contributed by atoms with van der Waals surface area (Å²) in [6.45, 7) is 12.8. The Morgan fingerprint density at radius 3 is 1.31 bits per heavy atom. The number of nitrogens with zero attached hydrogens (tertiary/aromatic N) is 4. The first-order valence-electron chi connectivity index (χ1n) is 29.2. The van der Waals surface area contributed by atoms with Crippen LogP contribution in [-0.2, 0) is 60.7 Å². The van der Waals surface area contributed by atoms with Crippen molar-refractivity contribution in [3.05, 3.63) is 140 Å². The lowest BCUT2D eigenvalue weighted by molar-refractivity contribution is -0.174. The lowest BCUT2D eigenvalue weighted by atomic mass is 9.92. The quantitative estimate of drug-likeness (QED) is 0.0565. The maximum Gasteiger partial charge on any atom is 0.254 e. The van der Waals surface area contributed by atoms with Gasteiger partial charge in [0.25, 0.3) is 23.6 Å². The molecule has 18 nitrogen and oxygen atoms in total. The Morgan fingerprint density at radius 2 is 0.942 bits per heavy atom. The Kier molecular flexibility index (Phi) is 29.5. The molecule has 2 N–H and O–H groups in total. The fourth-order valence-corrected chi connectivity index (χ4v) is 10.1. The van der Waals surface area contributed by atoms with Gasteiger partial charge in [0.2, 0.25) is 0 Å². The zero-order chi connectivity index (χ0) is 61.2. The van der Waals surface area contributed by atoms with Gasteiger partial charge in [-0.15, -0.1) is 6.42 Å². The first-order valence-corrected chi connectivity index (χ1v) is 30.2. The van der Waals surface area contributed by atoms with Gasteiger partial charge in [0.15, 0.2) is 35.2 Å². The molecule has 0 saturated carbocycles. The summed E-state index contributed by atoms with van der Waals surface area (Å²) in [5.41, 5.74) is 2.44. The van der Waals surface area contributed by atoms with Crippen LogP contribution in [0.2, 0.25) is 0 Å². The van der Waals surface area contributed by atoms with Crippen molar-refractivity contribution in [2.24, 2.45) is 0 Å². The number of Topliss-reactive ketones (excluding diaryl/α,β-unsaturated/α-hetero) is 2. The third-order valence-corrected chi connectivity index (χ3v) is 16.3. The molecule has 4 heterocycles. The molecule has 4 fully saturated rings.